The normalized spacial score (nSPS) is 11.2. The minimum atomic E-state index is -1.14. The molecule has 0 bridgehead atoms. The van der Waals surface area contributed by atoms with Crippen LogP contribution in [0.2, 0.25) is 0 Å². The van der Waals surface area contributed by atoms with Gasteiger partial charge in [-0.1, -0.05) is 0 Å². The maximum Gasteiger partial charge on any atom is 0.412 e. The van der Waals surface area contributed by atoms with Crippen LogP contribution in [0.25, 0.3) is 11.3 Å². The maximum atomic E-state index is 11.7. The van der Waals surface area contributed by atoms with E-state index in [0.29, 0.717) is 11.3 Å². The number of ether oxygens (including phenoxy) is 1. The second-order valence-electron chi connectivity index (χ2n) is 6.19. The van der Waals surface area contributed by atoms with Crippen molar-refractivity contribution in [1.29, 1.82) is 0 Å². The van der Waals surface area contributed by atoms with Crippen LogP contribution in [0.3, 0.4) is 0 Å². The molecule has 8 heteroatoms. The number of carbonyl (C=O) groups excluding carboxylic acids is 1. The predicted molar refractivity (Wildman–Crippen MR) is 87.1 cm³/mol. The molecule has 1 heterocycles. The first-order valence-corrected chi connectivity index (χ1v) is 7.17. The van der Waals surface area contributed by atoms with E-state index >= 15 is 0 Å². The van der Waals surface area contributed by atoms with E-state index in [1.807, 2.05) is 0 Å². The van der Waals surface area contributed by atoms with E-state index < -0.39 is 17.7 Å². The minimum absolute atomic E-state index is 0.0272. The molecular formula is C16H19N3O5. The number of nitrogens with one attached hydrogen (secondary N) is 1. The van der Waals surface area contributed by atoms with Gasteiger partial charge in [0.2, 0.25) is 0 Å². The summed E-state index contributed by atoms with van der Waals surface area (Å²) >= 11 is 0. The molecular weight excluding hydrogens is 314 g/mol. The van der Waals surface area contributed by atoms with Crippen molar-refractivity contribution in [2.24, 2.45) is 7.05 Å². The second kappa shape index (κ2) is 6.23. The number of aryl methyl sites for hydroxylation is 1. The van der Waals surface area contributed by atoms with E-state index in [0.717, 1.165) is 0 Å². The van der Waals surface area contributed by atoms with Crippen molar-refractivity contribution >= 4 is 17.7 Å². The Bertz CT molecular complexity index is 789. The summed E-state index contributed by atoms with van der Waals surface area (Å²) < 4.78 is 6.49. The highest BCUT2D eigenvalue weighted by molar-refractivity contribution is 5.96. The molecule has 0 atom stereocenters. The first kappa shape index (κ1) is 17.3. The molecule has 24 heavy (non-hydrogen) atoms. The number of benzene rings is 1. The summed E-state index contributed by atoms with van der Waals surface area (Å²) in [7, 11) is 1.58. The van der Waals surface area contributed by atoms with E-state index in [2.05, 4.69) is 10.4 Å². The van der Waals surface area contributed by atoms with E-state index in [1.165, 1.54) is 29.1 Å². The Balaban J connectivity index is 2.30. The summed E-state index contributed by atoms with van der Waals surface area (Å²) in [5.74, 6) is -1.33. The van der Waals surface area contributed by atoms with Crippen LogP contribution in [0.15, 0.2) is 24.4 Å². The minimum Gasteiger partial charge on any atom is -0.507 e. The van der Waals surface area contributed by atoms with Gasteiger partial charge in [-0.3, -0.25) is 10.00 Å². The van der Waals surface area contributed by atoms with Crippen molar-refractivity contribution in [3.8, 4) is 17.0 Å². The molecule has 128 valence electrons. The number of rotatable bonds is 3. The van der Waals surface area contributed by atoms with Gasteiger partial charge in [-0.2, -0.15) is 5.10 Å². The van der Waals surface area contributed by atoms with Crippen LogP contribution in [0.1, 0.15) is 31.1 Å². The number of phenolic OH excluding ortho intramolecular Hbond substituents is 1. The maximum absolute atomic E-state index is 11.7. The van der Waals surface area contributed by atoms with Gasteiger partial charge < -0.3 is 14.9 Å². The summed E-state index contributed by atoms with van der Waals surface area (Å²) in [6, 6.07) is 4.36. The Kier molecular flexibility index (Phi) is 4.50. The number of aromatic carboxylic acids is 1. The molecule has 2 aromatic rings. The lowest BCUT2D eigenvalue weighted by Crippen LogP contribution is -2.27. The van der Waals surface area contributed by atoms with Crippen LogP contribution in [0.4, 0.5) is 10.5 Å². The molecule has 0 aliphatic rings. The number of nitrogens with zero attached hydrogens (tertiary/aromatic N) is 2. The van der Waals surface area contributed by atoms with Gasteiger partial charge in [0, 0.05) is 24.4 Å². The molecule has 0 aliphatic heterocycles. The Hall–Kier alpha value is -3.03. The topological polar surface area (TPSA) is 114 Å². The molecule has 1 aromatic carbocycles. The van der Waals surface area contributed by atoms with Crippen molar-refractivity contribution in [1.82, 2.24) is 9.78 Å². The summed E-state index contributed by atoms with van der Waals surface area (Å²) in [4.78, 5) is 23.0. The zero-order valence-electron chi connectivity index (χ0n) is 13.8. The molecule has 0 aliphatic carbocycles. The van der Waals surface area contributed by atoms with Gasteiger partial charge in [-0.25, -0.2) is 9.59 Å². The smallest absolute Gasteiger partial charge is 0.412 e. The molecule has 1 aromatic heterocycles. The van der Waals surface area contributed by atoms with Crippen LogP contribution in [-0.4, -0.2) is 37.7 Å². The van der Waals surface area contributed by atoms with Gasteiger partial charge in [0.1, 0.15) is 16.9 Å². The fourth-order valence-corrected chi connectivity index (χ4v) is 2.14. The third-order valence-corrected chi connectivity index (χ3v) is 3.07. The number of anilines is 1. The molecule has 1 amide bonds. The van der Waals surface area contributed by atoms with Crippen LogP contribution in [0.5, 0.6) is 5.75 Å². The Labute approximate surface area is 138 Å². The van der Waals surface area contributed by atoms with Gasteiger partial charge in [0.25, 0.3) is 0 Å². The number of carbonyl (C=O) groups is 2. The van der Waals surface area contributed by atoms with Gasteiger partial charge >= 0.3 is 12.1 Å². The first-order chi connectivity index (χ1) is 11.1. The average Bonchev–Trinajstić information content (AvgIpc) is 2.78. The van der Waals surface area contributed by atoms with Crippen molar-refractivity contribution in [3.63, 3.8) is 0 Å². The number of hydrogen-bond donors (Lipinski definition) is 3. The first-order valence-electron chi connectivity index (χ1n) is 7.17. The van der Waals surface area contributed by atoms with Gasteiger partial charge in [-0.05, 0) is 32.9 Å². The zero-order chi connectivity index (χ0) is 18.1. The second-order valence-corrected chi connectivity index (χ2v) is 6.19. The highest BCUT2D eigenvalue weighted by Gasteiger charge is 2.20. The lowest BCUT2D eigenvalue weighted by molar-refractivity contribution is 0.0634. The molecule has 0 radical (unpaired) electrons. The van der Waals surface area contributed by atoms with E-state index in [9.17, 15) is 19.8 Å². The molecule has 0 spiro atoms. The monoisotopic (exact) mass is 333 g/mol. The molecule has 0 fully saturated rings. The van der Waals surface area contributed by atoms with Crippen LogP contribution in [-0.2, 0) is 11.8 Å². The van der Waals surface area contributed by atoms with Gasteiger partial charge in [0.05, 0.1) is 11.9 Å². The summed E-state index contributed by atoms with van der Waals surface area (Å²) in [6.07, 6.45) is 0.561. The van der Waals surface area contributed by atoms with Gasteiger partial charge in [0.15, 0.2) is 0 Å². The number of carboxylic acids is 1. The lowest BCUT2D eigenvalue weighted by atomic mass is 10.1. The third-order valence-electron chi connectivity index (χ3n) is 3.07. The van der Waals surface area contributed by atoms with Crippen molar-refractivity contribution < 1.29 is 24.5 Å². The van der Waals surface area contributed by atoms with Crippen LogP contribution in [0, 0.1) is 0 Å². The number of carboxylic acid groups (broad SMARTS) is 1. The fourth-order valence-electron chi connectivity index (χ4n) is 2.14. The van der Waals surface area contributed by atoms with Gasteiger partial charge in [-0.15, -0.1) is 0 Å². The number of amides is 1. The summed E-state index contributed by atoms with van der Waals surface area (Å²) in [5, 5.41) is 25.8. The molecule has 0 saturated heterocycles. The van der Waals surface area contributed by atoms with Crippen molar-refractivity contribution in [2.45, 2.75) is 26.4 Å². The lowest BCUT2D eigenvalue weighted by Gasteiger charge is -2.19. The predicted octanol–water partition coefficient (Wildman–Crippen LogP) is 2.84. The largest absolute Gasteiger partial charge is 0.507 e. The fraction of sp³-hybridized carbons (Fsp3) is 0.312. The number of aromatic nitrogens is 2. The summed E-state index contributed by atoms with van der Waals surface area (Å²) in [5.41, 5.74) is 0.216. The van der Waals surface area contributed by atoms with E-state index in [-0.39, 0.29) is 17.0 Å². The molecule has 8 nitrogen and oxygen atoms in total. The van der Waals surface area contributed by atoms with Crippen molar-refractivity contribution in [3.05, 3.63) is 30.0 Å². The number of phenols is 1. The third kappa shape index (κ3) is 3.83. The number of hydrogen-bond acceptors (Lipinski definition) is 5. The quantitative estimate of drug-likeness (QED) is 0.796. The van der Waals surface area contributed by atoms with Crippen LogP contribution >= 0.6 is 0 Å². The highest BCUT2D eigenvalue weighted by atomic mass is 16.6. The molecule has 0 unspecified atom stereocenters. The Morgan fingerprint density at radius 3 is 2.50 bits per heavy atom. The standard InChI is InChI=1S/C16H19N3O5/c1-16(2,3)24-15(23)18-9-5-6-10(12(20)7-9)13-11(14(21)22)8-17-19(13)4/h5-8,20H,1-4H3,(H,18,23)(H,21,22). The van der Waals surface area contributed by atoms with Crippen molar-refractivity contribution in [2.75, 3.05) is 5.32 Å². The van der Waals surface area contributed by atoms with E-state index in [4.69, 9.17) is 4.74 Å². The molecule has 0 saturated carbocycles. The van der Waals surface area contributed by atoms with E-state index in [1.54, 1.807) is 27.8 Å². The average molecular weight is 333 g/mol. The molecule has 3 N–H and O–H groups in total. The molecule has 2 rings (SSSR count). The SMILES string of the molecule is Cn1ncc(C(=O)O)c1-c1ccc(NC(=O)OC(C)(C)C)cc1O. The van der Waals surface area contributed by atoms with Crippen LogP contribution < -0.4 is 5.32 Å². The Morgan fingerprint density at radius 1 is 1.29 bits per heavy atom. The Morgan fingerprint density at radius 2 is 1.96 bits per heavy atom. The summed E-state index contributed by atoms with van der Waals surface area (Å²) in [6.45, 7) is 5.22. The zero-order valence-corrected chi connectivity index (χ0v) is 13.8. The highest BCUT2D eigenvalue weighted by Crippen LogP contribution is 2.33. The number of aromatic hydroxyl groups is 1.